The SMILES string of the molecule is COc1ncc(CN2CCN(C(C)=O)C[C@@H]2c2ccccc2)cn1. The summed E-state index contributed by atoms with van der Waals surface area (Å²) in [5.74, 6) is 0.128. The molecule has 0 radical (unpaired) electrons. The van der Waals surface area contributed by atoms with Gasteiger partial charge in [0, 0.05) is 51.1 Å². The lowest BCUT2D eigenvalue weighted by atomic mass is 10.0. The highest BCUT2D eigenvalue weighted by Crippen LogP contribution is 2.27. The Bertz CT molecular complexity index is 675. The Morgan fingerprint density at radius 3 is 2.54 bits per heavy atom. The van der Waals surface area contributed by atoms with Crippen molar-refractivity contribution >= 4 is 5.91 Å². The summed E-state index contributed by atoms with van der Waals surface area (Å²) >= 11 is 0. The highest BCUT2D eigenvalue weighted by Gasteiger charge is 2.29. The zero-order valence-electron chi connectivity index (χ0n) is 14.1. The van der Waals surface area contributed by atoms with Crippen molar-refractivity contribution in [1.29, 1.82) is 0 Å². The molecule has 0 N–H and O–H groups in total. The van der Waals surface area contributed by atoms with E-state index >= 15 is 0 Å². The lowest BCUT2D eigenvalue weighted by molar-refractivity contribution is -0.132. The standard InChI is InChI=1S/C18H22N4O2/c1-14(23)21-8-9-22(12-15-10-19-18(24-2)20-11-15)17(13-21)16-6-4-3-5-7-16/h3-7,10-11,17H,8-9,12-13H2,1-2H3/t17-/m1/s1. The van der Waals surface area contributed by atoms with E-state index in [1.54, 1.807) is 26.4 Å². The highest BCUT2D eigenvalue weighted by molar-refractivity contribution is 5.73. The maximum absolute atomic E-state index is 11.8. The van der Waals surface area contributed by atoms with E-state index in [0.29, 0.717) is 12.6 Å². The summed E-state index contributed by atoms with van der Waals surface area (Å²) in [7, 11) is 1.56. The molecular weight excluding hydrogens is 304 g/mol. The van der Waals surface area contributed by atoms with Crippen LogP contribution in [0.4, 0.5) is 0 Å². The number of ether oxygens (including phenoxy) is 1. The summed E-state index contributed by atoms with van der Waals surface area (Å²) in [6.07, 6.45) is 3.59. The fraction of sp³-hybridized carbons (Fsp3) is 0.389. The van der Waals surface area contributed by atoms with Crippen molar-refractivity contribution in [2.24, 2.45) is 0 Å². The fourth-order valence-corrected chi connectivity index (χ4v) is 3.05. The molecule has 1 atom stereocenters. The minimum absolute atomic E-state index is 0.128. The van der Waals surface area contributed by atoms with Crippen LogP contribution in [-0.4, -0.2) is 52.4 Å². The molecule has 6 nitrogen and oxygen atoms in total. The van der Waals surface area contributed by atoms with Crippen LogP contribution < -0.4 is 4.74 Å². The lowest BCUT2D eigenvalue weighted by Gasteiger charge is -2.41. The summed E-state index contributed by atoms with van der Waals surface area (Å²) in [4.78, 5) is 24.4. The first kappa shape index (κ1) is 16.4. The Labute approximate surface area is 142 Å². The average Bonchev–Trinajstić information content (AvgIpc) is 2.63. The third-order valence-electron chi connectivity index (χ3n) is 4.37. The molecule has 126 valence electrons. The van der Waals surface area contributed by atoms with Crippen LogP contribution in [0.5, 0.6) is 6.01 Å². The van der Waals surface area contributed by atoms with Gasteiger partial charge in [-0.15, -0.1) is 0 Å². The highest BCUT2D eigenvalue weighted by atomic mass is 16.5. The maximum atomic E-state index is 11.8. The van der Waals surface area contributed by atoms with Crippen molar-refractivity contribution in [2.75, 3.05) is 26.7 Å². The third kappa shape index (κ3) is 3.71. The number of hydrogen-bond donors (Lipinski definition) is 0. The molecule has 0 bridgehead atoms. The molecule has 1 aromatic heterocycles. The van der Waals surface area contributed by atoms with Gasteiger partial charge in [0.15, 0.2) is 0 Å². The fourth-order valence-electron chi connectivity index (χ4n) is 3.05. The van der Waals surface area contributed by atoms with E-state index in [9.17, 15) is 4.79 Å². The number of amides is 1. The molecule has 1 saturated heterocycles. The molecule has 24 heavy (non-hydrogen) atoms. The number of hydrogen-bond acceptors (Lipinski definition) is 5. The average molecular weight is 326 g/mol. The van der Waals surface area contributed by atoms with E-state index in [4.69, 9.17) is 4.74 Å². The normalized spacial score (nSPS) is 18.4. The molecule has 0 aliphatic carbocycles. The van der Waals surface area contributed by atoms with Crippen LogP contribution in [-0.2, 0) is 11.3 Å². The van der Waals surface area contributed by atoms with Crippen LogP contribution in [0, 0.1) is 0 Å². The molecule has 0 spiro atoms. The van der Waals surface area contributed by atoms with Gasteiger partial charge in [-0.1, -0.05) is 30.3 Å². The number of benzene rings is 1. The Morgan fingerprint density at radius 2 is 1.92 bits per heavy atom. The molecule has 1 aliphatic heterocycles. The quantitative estimate of drug-likeness (QED) is 0.859. The summed E-state index contributed by atoms with van der Waals surface area (Å²) in [5, 5.41) is 0. The van der Waals surface area contributed by atoms with E-state index in [0.717, 1.165) is 25.2 Å². The number of carbonyl (C=O) groups is 1. The van der Waals surface area contributed by atoms with Crippen molar-refractivity contribution in [3.63, 3.8) is 0 Å². The summed E-state index contributed by atoms with van der Waals surface area (Å²) in [6.45, 7) is 4.65. The second-order valence-electron chi connectivity index (χ2n) is 5.94. The van der Waals surface area contributed by atoms with Gasteiger partial charge in [-0.2, -0.15) is 0 Å². The van der Waals surface area contributed by atoms with Crippen molar-refractivity contribution < 1.29 is 9.53 Å². The second-order valence-corrected chi connectivity index (χ2v) is 5.94. The van der Waals surface area contributed by atoms with E-state index in [2.05, 4.69) is 27.0 Å². The number of piperazine rings is 1. The summed E-state index contributed by atoms with van der Waals surface area (Å²) < 4.78 is 5.01. The van der Waals surface area contributed by atoms with Gasteiger partial charge in [0.2, 0.25) is 5.91 Å². The zero-order valence-corrected chi connectivity index (χ0v) is 14.1. The molecule has 0 saturated carbocycles. The van der Waals surface area contributed by atoms with Crippen LogP contribution in [0.1, 0.15) is 24.1 Å². The smallest absolute Gasteiger partial charge is 0.316 e. The van der Waals surface area contributed by atoms with Crippen LogP contribution in [0.2, 0.25) is 0 Å². The molecule has 1 aliphatic rings. The van der Waals surface area contributed by atoms with Gasteiger partial charge >= 0.3 is 6.01 Å². The Hall–Kier alpha value is -2.47. The van der Waals surface area contributed by atoms with Gasteiger partial charge in [-0.05, 0) is 5.56 Å². The van der Waals surface area contributed by atoms with Gasteiger partial charge in [-0.3, -0.25) is 9.69 Å². The number of aromatic nitrogens is 2. The maximum Gasteiger partial charge on any atom is 0.316 e. The molecule has 6 heteroatoms. The van der Waals surface area contributed by atoms with E-state index in [1.165, 1.54) is 5.56 Å². The Morgan fingerprint density at radius 1 is 1.21 bits per heavy atom. The third-order valence-corrected chi connectivity index (χ3v) is 4.37. The van der Waals surface area contributed by atoms with Gasteiger partial charge in [0.05, 0.1) is 13.2 Å². The van der Waals surface area contributed by atoms with Crippen molar-refractivity contribution in [2.45, 2.75) is 19.5 Å². The minimum Gasteiger partial charge on any atom is -0.467 e. The zero-order chi connectivity index (χ0) is 16.9. The number of rotatable bonds is 4. The lowest BCUT2D eigenvalue weighted by Crippen LogP contribution is -2.49. The summed E-state index contributed by atoms with van der Waals surface area (Å²) in [6, 6.07) is 10.9. The first-order valence-electron chi connectivity index (χ1n) is 8.07. The van der Waals surface area contributed by atoms with Crippen molar-refractivity contribution in [1.82, 2.24) is 19.8 Å². The van der Waals surface area contributed by atoms with Gasteiger partial charge < -0.3 is 9.64 Å². The van der Waals surface area contributed by atoms with Crippen molar-refractivity contribution in [3.8, 4) is 6.01 Å². The van der Waals surface area contributed by atoms with E-state index in [1.807, 2.05) is 23.1 Å². The van der Waals surface area contributed by atoms with E-state index < -0.39 is 0 Å². The minimum atomic E-state index is 0.128. The Kier molecular flexibility index (Phi) is 5.05. The van der Waals surface area contributed by atoms with E-state index in [-0.39, 0.29) is 11.9 Å². The number of nitrogens with zero attached hydrogens (tertiary/aromatic N) is 4. The molecule has 2 heterocycles. The second kappa shape index (κ2) is 7.40. The predicted octanol–water partition coefficient (Wildman–Crippen LogP) is 1.89. The van der Waals surface area contributed by atoms with Crippen LogP contribution in [0.15, 0.2) is 42.7 Å². The first-order chi connectivity index (χ1) is 11.7. The monoisotopic (exact) mass is 326 g/mol. The van der Waals surface area contributed by atoms with Crippen LogP contribution in [0.25, 0.3) is 0 Å². The summed E-state index contributed by atoms with van der Waals surface area (Å²) in [5.41, 5.74) is 2.26. The first-order valence-corrected chi connectivity index (χ1v) is 8.07. The predicted molar refractivity (Wildman–Crippen MR) is 90.4 cm³/mol. The molecular formula is C18H22N4O2. The van der Waals surface area contributed by atoms with Gasteiger partial charge in [0.1, 0.15) is 0 Å². The molecule has 0 unspecified atom stereocenters. The molecule has 1 aromatic carbocycles. The molecule has 1 fully saturated rings. The van der Waals surface area contributed by atoms with Crippen LogP contribution in [0.3, 0.4) is 0 Å². The topological polar surface area (TPSA) is 58.6 Å². The van der Waals surface area contributed by atoms with Gasteiger partial charge in [0.25, 0.3) is 0 Å². The van der Waals surface area contributed by atoms with Crippen molar-refractivity contribution in [3.05, 3.63) is 53.9 Å². The number of methoxy groups -OCH3 is 1. The van der Waals surface area contributed by atoms with Gasteiger partial charge in [-0.25, -0.2) is 9.97 Å². The molecule has 1 amide bonds. The molecule has 2 aromatic rings. The largest absolute Gasteiger partial charge is 0.467 e. The Balaban J connectivity index is 1.79. The van der Waals surface area contributed by atoms with Crippen LogP contribution >= 0.6 is 0 Å². The number of carbonyl (C=O) groups excluding carboxylic acids is 1. The molecule has 3 rings (SSSR count).